The zero-order chi connectivity index (χ0) is 15.6. The minimum atomic E-state index is -0.266. The highest BCUT2D eigenvalue weighted by Crippen LogP contribution is 2.41. The molecular weight excluding hydrogens is 266 g/mol. The van der Waals surface area contributed by atoms with Gasteiger partial charge >= 0.3 is 5.69 Å². The molecule has 1 fully saturated rings. The van der Waals surface area contributed by atoms with Crippen LogP contribution in [0.4, 0.5) is 17.1 Å². The van der Waals surface area contributed by atoms with Gasteiger partial charge in [0.1, 0.15) is 11.4 Å². The minimum Gasteiger partial charge on any atom is -0.380 e. The summed E-state index contributed by atoms with van der Waals surface area (Å²) < 4.78 is 0. The third-order valence-corrected chi connectivity index (χ3v) is 4.32. The Bertz CT molecular complexity index is 523. The van der Waals surface area contributed by atoms with Crippen molar-refractivity contribution in [1.82, 2.24) is 0 Å². The van der Waals surface area contributed by atoms with E-state index in [2.05, 4.69) is 31.0 Å². The van der Waals surface area contributed by atoms with Gasteiger partial charge < -0.3 is 10.2 Å². The Kier molecular flexibility index (Phi) is 4.40. The van der Waals surface area contributed by atoms with E-state index in [9.17, 15) is 10.1 Å². The molecule has 5 heteroatoms. The molecular formula is C16H25N3O2. The summed E-state index contributed by atoms with van der Waals surface area (Å²) in [4.78, 5) is 13.4. The fourth-order valence-electron chi connectivity index (χ4n) is 3.00. The molecule has 1 heterocycles. The van der Waals surface area contributed by atoms with Crippen LogP contribution in [-0.4, -0.2) is 24.6 Å². The van der Waals surface area contributed by atoms with Crippen LogP contribution in [0.25, 0.3) is 0 Å². The van der Waals surface area contributed by atoms with Crippen LogP contribution in [0.5, 0.6) is 0 Å². The van der Waals surface area contributed by atoms with Crippen molar-refractivity contribution in [3.05, 3.63) is 28.3 Å². The Morgan fingerprint density at radius 2 is 2.14 bits per heavy atom. The van der Waals surface area contributed by atoms with E-state index in [1.54, 1.807) is 6.07 Å². The monoisotopic (exact) mass is 291 g/mol. The molecule has 5 nitrogen and oxygen atoms in total. The number of hydrogen-bond donors (Lipinski definition) is 1. The van der Waals surface area contributed by atoms with E-state index in [1.807, 2.05) is 19.1 Å². The molecule has 2 rings (SSSR count). The largest absolute Gasteiger partial charge is 0.380 e. The molecule has 1 N–H and O–H groups in total. The van der Waals surface area contributed by atoms with Gasteiger partial charge in [0, 0.05) is 19.6 Å². The first-order valence-corrected chi connectivity index (χ1v) is 7.60. The molecule has 116 valence electrons. The summed E-state index contributed by atoms with van der Waals surface area (Å²) in [5.41, 5.74) is 1.79. The van der Waals surface area contributed by atoms with Crippen molar-refractivity contribution < 1.29 is 4.92 Å². The van der Waals surface area contributed by atoms with Gasteiger partial charge in [0.2, 0.25) is 0 Å². The van der Waals surface area contributed by atoms with Crippen molar-refractivity contribution in [1.29, 1.82) is 0 Å². The SMILES string of the molecule is CCNc1cccc(N2CCC(C(C)(C)C)C2)c1[N+](=O)[O-]. The van der Waals surface area contributed by atoms with Crippen LogP contribution < -0.4 is 10.2 Å². The van der Waals surface area contributed by atoms with Crippen molar-refractivity contribution >= 4 is 17.1 Å². The number of nitrogens with zero attached hydrogens (tertiary/aromatic N) is 2. The highest BCUT2D eigenvalue weighted by atomic mass is 16.6. The van der Waals surface area contributed by atoms with E-state index in [0.29, 0.717) is 18.2 Å². The number of rotatable bonds is 4. The van der Waals surface area contributed by atoms with Gasteiger partial charge in [-0.3, -0.25) is 10.1 Å². The van der Waals surface area contributed by atoms with Gasteiger partial charge in [0.15, 0.2) is 0 Å². The molecule has 0 saturated carbocycles. The molecule has 21 heavy (non-hydrogen) atoms. The molecule has 1 aromatic rings. The molecule has 1 aliphatic heterocycles. The lowest BCUT2D eigenvalue weighted by molar-refractivity contribution is -0.383. The standard InChI is InChI=1S/C16H25N3O2/c1-5-17-13-7-6-8-14(15(13)19(20)21)18-10-9-12(11-18)16(2,3)4/h6-8,12,17H,5,9-11H2,1-4H3. The third-order valence-electron chi connectivity index (χ3n) is 4.32. The number of nitro groups is 1. The van der Waals surface area contributed by atoms with Crippen molar-refractivity contribution in [2.24, 2.45) is 11.3 Å². The Morgan fingerprint density at radius 3 is 2.67 bits per heavy atom. The van der Waals surface area contributed by atoms with E-state index >= 15 is 0 Å². The van der Waals surface area contributed by atoms with Crippen LogP contribution in [-0.2, 0) is 0 Å². The highest BCUT2D eigenvalue weighted by Gasteiger charge is 2.34. The van der Waals surface area contributed by atoms with Crippen LogP contribution in [0, 0.1) is 21.4 Å². The van der Waals surface area contributed by atoms with E-state index in [1.165, 1.54) is 0 Å². The zero-order valence-electron chi connectivity index (χ0n) is 13.3. The summed E-state index contributed by atoms with van der Waals surface area (Å²) in [5, 5.41) is 14.6. The summed E-state index contributed by atoms with van der Waals surface area (Å²) in [6.07, 6.45) is 1.09. The van der Waals surface area contributed by atoms with Gasteiger partial charge in [0.05, 0.1) is 4.92 Å². The first-order valence-electron chi connectivity index (χ1n) is 7.60. The van der Waals surface area contributed by atoms with E-state index in [0.717, 1.165) is 25.2 Å². The van der Waals surface area contributed by atoms with Crippen molar-refractivity contribution in [2.75, 3.05) is 29.9 Å². The molecule has 0 spiro atoms. The summed E-state index contributed by atoms with van der Waals surface area (Å²) >= 11 is 0. The van der Waals surface area contributed by atoms with Crippen LogP contribution in [0.1, 0.15) is 34.1 Å². The topological polar surface area (TPSA) is 58.4 Å². The molecule has 1 aromatic carbocycles. The Hall–Kier alpha value is -1.78. The fraction of sp³-hybridized carbons (Fsp3) is 0.625. The molecule has 0 aliphatic carbocycles. The maximum atomic E-state index is 11.5. The van der Waals surface area contributed by atoms with Gasteiger partial charge in [-0.05, 0) is 36.8 Å². The van der Waals surface area contributed by atoms with Crippen molar-refractivity contribution in [2.45, 2.75) is 34.1 Å². The van der Waals surface area contributed by atoms with Gasteiger partial charge in [-0.2, -0.15) is 0 Å². The Morgan fingerprint density at radius 1 is 1.43 bits per heavy atom. The molecule has 0 amide bonds. The molecule has 1 aliphatic rings. The normalized spacial score (nSPS) is 18.9. The van der Waals surface area contributed by atoms with E-state index < -0.39 is 0 Å². The van der Waals surface area contributed by atoms with Crippen LogP contribution in [0.2, 0.25) is 0 Å². The first kappa shape index (κ1) is 15.6. The van der Waals surface area contributed by atoms with Gasteiger partial charge in [-0.25, -0.2) is 0 Å². The molecule has 0 aromatic heterocycles. The Labute approximate surface area is 126 Å². The number of para-hydroxylation sites is 1. The van der Waals surface area contributed by atoms with Gasteiger partial charge in [-0.15, -0.1) is 0 Å². The number of nitrogens with one attached hydrogen (secondary N) is 1. The lowest BCUT2D eigenvalue weighted by Crippen LogP contribution is -2.26. The van der Waals surface area contributed by atoms with Crippen LogP contribution in [0.15, 0.2) is 18.2 Å². The average molecular weight is 291 g/mol. The summed E-state index contributed by atoms with van der Waals surface area (Å²) in [7, 11) is 0. The van der Waals surface area contributed by atoms with Crippen molar-refractivity contribution in [3.8, 4) is 0 Å². The van der Waals surface area contributed by atoms with Gasteiger partial charge in [0.25, 0.3) is 0 Å². The van der Waals surface area contributed by atoms with Crippen molar-refractivity contribution in [3.63, 3.8) is 0 Å². The quantitative estimate of drug-likeness (QED) is 0.675. The lowest BCUT2D eigenvalue weighted by Gasteiger charge is -2.27. The average Bonchev–Trinajstić information content (AvgIpc) is 2.87. The fourth-order valence-corrected chi connectivity index (χ4v) is 3.00. The predicted octanol–water partition coefficient (Wildman–Crippen LogP) is 3.90. The molecule has 1 saturated heterocycles. The maximum Gasteiger partial charge on any atom is 0.315 e. The highest BCUT2D eigenvalue weighted by molar-refractivity contribution is 5.77. The van der Waals surface area contributed by atoms with Crippen LogP contribution >= 0.6 is 0 Å². The second-order valence-corrected chi connectivity index (χ2v) is 6.76. The van der Waals surface area contributed by atoms with E-state index in [4.69, 9.17) is 0 Å². The Balaban J connectivity index is 2.32. The molecule has 1 atom stereocenters. The molecule has 0 radical (unpaired) electrons. The molecule has 0 bridgehead atoms. The van der Waals surface area contributed by atoms with Gasteiger partial charge in [-0.1, -0.05) is 26.8 Å². The second kappa shape index (κ2) is 5.92. The zero-order valence-corrected chi connectivity index (χ0v) is 13.3. The summed E-state index contributed by atoms with van der Waals surface area (Å²) in [5.74, 6) is 0.569. The lowest BCUT2D eigenvalue weighted by atomic mass is 9.80. The summed E-state index contributed by atoms with van der Waals surface area (Å²) in [6, 6.07) is 5.54. The first-order chi connectivity index (χ1) is 9.84. The number of nitro benzene ring substituents is 1. The van der Waals surface area contributed by atoms with E-state index in [-0.39, 0.29) is 16.0 Å². The third kappa shape index (κ3) is 3.28. The number of anilines is 2. The molecule has 1 unspecified atom stereocenters. The minimum absolute atomic E-state index is 0.203. The smallest absolute Gasteiger partial charge is 0.315 e. The van der Waals surface area contributed by atoms with Crippen LogP contribution in [0.3, 0.4) is 0 Å². The summed E-state index contributed by atoms with van der Waals surface area (Å²) in [6.45, 7) is 11.1. The maximum absolute atomic E-state index is 11.5. The second-order valence-electron chi connectivity index (χ2n) is 6.76. The number of benzene rings is 1. The predicted molar refractivity (Wildman–Crippen MR) is 87.0 cm³/mol. The number of hydrogen-bond acceptors (Lipinski definition) is 4.